The van der Waals surface area contributed by atoms with E-state index < -0.39 is 56.9 Å². The summed E-state index contributed by atoms with van der Waals surface area (Å²) in [6.07, 6.45) is -1.35. The summed E-state index contributed by atoms with van der Waals surface area (Å²) >= 11 is -0.846. The van der Waals surface area contributed by atoms with Gasteiger partial charge in [-0.05, 0) is 29.8 Å². The molecule has 0 aliphatic heterocycles. The molecule has 0 bridgehead atoms. The Hall–Kier alpha value is -0.650. The fraction of sp³-hybridized carbons (Fsp3) is 0.500. The Balaban J connectivity index is 3.05. The van der Waals surface area contributed by atoms with Crippen molar-refractivity contribution >= 4 is 29.5 Å². The first-order valence-corrected chi connectivity index (χ1v) is 10.6. The maximum absolute atomic E-state index is 13.8. The van der Waals surface area contributed by atoms with Crippen LogP contribution in [0, 0.1) is 11.7 Å². The summed E-state index contributed by atoms with van der Waals surface area (Å²) in [6.45, 7) is 3.15. The zero-order chi connectivity index (χ0) is 19.5. The van der Waals surface area contributed by atoms with Gasteiger partial charge in [0.1, 0.15) is 10.7 Å². The quantitative estimate of drug-likeness (QED) is 0.291. The summed E-state index contributed by atoms with van der Waals surface area (Å²) in [5.74, 6) is -1.62. The number of benzene rings is 1. The molecule has 6 nitrogen and oxygen atoms in total. The van der Waals surface area contributed by atoms with Crippen LogP contribution >= 0.6 is 19.4 Å². The number of hydrogen-bond acceptors (Lipinski definition) is 6. The first-order valence-electron chi connectivity index (χ1n) is 6.63. The van der Waals surface area contributed by atoms with Gasteiger partial charge in [-0.1, -0.05) is 19.9 Å². The lowest BCUT2D eigenvalue weighted by atomic mass is 10.2. The molecule has 1 unspecified atom stereocenters. The molecular formula is C12H15F4O6PS2. The van der Waals surface area contributed by atoms with Gasteiger partial charge in [0.25, 0.3) is 0 Å². The highest BCUT2D eigenvalue weighted by Gasteiger charge is 2.35. The predicted octanol–water partition coefficient (Wildman–Crippen LogP) is 3.96. The number of alkyl halides is 3. The molecule has 0 amide bonds. The van der Waals surface area contributed by atoms with Crippen LogP contribution < -0.4 is 0 Å². The van der Waals surface area contributed by atoms with Crippen molar-refractivity contribution in [3.63, 3.8) is 0 Å². The second kappa shape index (κ2) is 8.36. The van der Waals surface area contributed by atoms with Gasteiger partial charge in [-0.15, -0.1) is 0 Å². The summed E-state index contributed by atoms with van der Waals surface area (Å²) in [6, 6.07) is 2.26. The van der Waals surface area contributed by atoms with Gasteiger partial charge in [0.05, 0.1) is 6.61 Å². The maximum Gasteiger partial charge on any atom is 0.446 e. The van der Waals surface area contributed by atoms with Crippen LogP contribution in [0.2, 0.25) is 0 Å². The van der Waals surface area contributed by atoms with Crippen LogP contribution in [0.25, 0.3) is 0 Å². The van der Waals surface area contributed by atoms with Crippen LogP contribution in [-0.4, -0.2) is 31.8 Å². The van der Waals surface area contributed by atoms with E-state index >= 15 is 0 Å². The summed E-state index contributed by atoms with van der Waals surface area (Å²) in [5, 5.41) is 0. The molecular weight excluding hydrogens is 411 g/mol. The second-order valence-corrected chi connectivity index (χ2v) is 9.59. The molecule has 0 radical (unpaired) electrons. The highest BCUT2D eigenvalue weighted by Crippen LogP contribution is 2.45. The molecule has 0 fully saturated rings. The summed E-state index contributed by atoms with van der Waals surface area (Å²) in [5.41, 5.74) is -4.87. The Morgan fingerprint density at radius 1 is 1.32 bits per heavy atom. The van der Waals surface area contributed by atoms with Crippen molar-refractivity contribution < 1.29 is 44.1 Å². The number of halogens is 4. The summed E-state index contributed by atoms with van der Waals surface area (Å²) in [7, 11) is -9.56. The van der Waals surface area contributed by atoms with Gasteiger partial charge in [-0.2, -0.15) is 21.6 Å². The smallest absolute Gasteiger partial charge is 0.323 e. The van der Waals surface area contributed by atoms with Crippen molar-refractivity contribution in [2.45, 2.75) is 29.1 Å². The molecule has 1 aromatic rings. The molecule has 0 spiro atoms. The Bertz CT molecular complexity index is 750. The summed E-state index contributed by atoms with van der Waals surface area (Å²) in [4.78, 5) is 7.15. The highest BCUT2D eigenvalue weighted by molar-refractivity contribution is 8.00. The van der Waals surface area contributed by atoms with Crippen LogP contribution in [-0.2, 0) is 23.4 Å². The highest BCUT2D eigenvalue weighted by atomic mass is 32.2. The van der Waals surface area contributed by atoms with Crippen molar-refractivity contribution in [3.8, 4) is 0 Å². The van der Waals surface area contributed by atoms with Crippen molar-refractivity contribution in [1.82, 2.24) is 0 Å². The molecule has 0 aromatic heterocycles. The molecule has 1 atom stereocenters. The topological polar surface area (TPSA) is 89.9 Å². The number of hydrogen-bond donors (Lipinski definition) is 1. The monoisotopic (exact) mass is 426 g/mol. The van der Waals surface area contributed by atoms with Gasteiger partial charge < -0.3 is 9.42 Å². The van der Waals surface area contributed by atoms with Crippen LogP contribution in [0.15, 0.2) is 28.0 Å². The van der Waals surface area contributed by atoms with E-state index in [4.69, 9.17) is 0 Å². The lowest BCUT2D eigenvalue weighted by Gasteiger charge is -2.15. The minimum absolute atomic E-state index is 0.140. The number of thioether (sulfide) groups is 1. The van der Waals surface area contributed by atoms with E-state index in [2.05, 4.69) is 8.71 Å². The first-order chi connectivity index (χ1) is 11.2. The lowest BCUT2D eigenvalue weighted by molar-refractivity contribution is -0.0329. The molecule has 1 aromatic carbocycles. The molecule has 1 rings (SSSR count). The zero-order valence-electron chi connectivity index (χ0n) is 13.0. The normalized spacial score (nSPS) is 15.4. The molecule has 0 saturated carbocycles. The predicted molar refractivity (Wildman–Crippen MR) is 82.1 cm³/mol. The van der Waals surface area contributed by atoms with E-state index in [1.807, 2.05) is 0 Å². The van der Waals surface area contributed by atoms with Gasteiger partial charge in [0.2, 0.25) is 0 Å². The standard InChI is InChI=1S/C12H15F4O6PS2/c1-8(2)6-21-23(17,18)7-22-25(19,20)11-9(13)4-3-5-10(11)24-12(14,15)16/h3-5,8H,6-7H2,1-2H3,(H,17,18). The Morgan fingerprint density at radius 2 is 1.92 bits per heavy atom. The van der Waals surface area contributed by atoms with E-state index in [9.17, 15) is 35.4 Å². The molecule has 1 N–H and O–H groups in total. The van der Waals surface area contributed by atoms with Crippen molar-refractivity contribution in [2.24, 2.45) is 5.92 Å². The zero-order valence-corrected chi connectivity index (χ0v) is 15.5. The third-order valence-corrected chi connectivity index (χ3v) is 5.83. The largest absolute Gasteiger partial charge is 0.446 e. The van der Waals surface area contributed by atoms with Gasteiger partial charge in [0.15, 0.2) is 6.35 Å². The second-order valence-electron chi connectivity index (χ2n) is 5.14. The minimum atomic E-state index is -5.07. The minimum Gasteiger partial charge on any atom is -0.323 e. The van der Waals surface area contributed by atoms with Crippen molar-refractivity contribution in [1.29, 1.82) is 0 Å². The average Bonchev–Trinajstić information content (AvgIpc) is 2.41. The molecule has 0 saturated heterocycles. The van der Waals surface area contributed by atoms with Crippen LogP contribution in [0.5, 0.6) is 0 Å². The Kier molecular flexibility index (Phi) is 7.49. The van der Waals surface area contributed by atoms with Crippen LogP contribution in [0.1, 0.15) is 13.8 Å². The molecule has 0 aliphatic rings. The van der Waals surface area contributed by atoms with E-state index in [0.717, 1.165) is 12.1 Å². The van der Waals surface area contributed by atoms with E-state index in [1.165, 1.54) is 0 Å². The van der Waals surface area contributed by atoms with E-state index in [0.29, 0.717) is 6.07 Å². The Morgan fingerprint density at radius 3 is 2.44 bits per heavy atom. The van der Waals surface area contributed by atoms with Gasteiger partial charge >= 0.3 is 23.2 Å². The van der Waals surface area contributed by atoms with Gasteiger partial charge in [0, 0.05) is 4.90 Å². The molecule has 0 heterocycles. The molecule has 13 heteroatoms. The fourth-order valence-corrected chi connectivity index (χ4v) is 4.88. The first kappa shape index (κ1) is 22.4. The van der Waals surface area contributed by atoms with Crippen LogP contribution in [0.3, 0.4) is 0 Å². The third-order valence-electron chi connectivity index (χ3n) is 2.39. The fourth-order valence-electron chi connectivity index (χ4n) is 1.43. The number of rotatable bonds is 8. The third kappa shape index (κ3) is 7.63. The molecule has 25 heavy (non-hydrogen) atoms. The maximum atomic E-state index is 13.8. The van der Waals surface area contributed by atoms with Crippen molar-refractivity contribution in [3.05, 3.63) is 24.0 Å². The Labute approximate surface area is 146 Å². The summed E-state index contributed by atoms with van der Waals surface area (Å²) < 4.78 is 95.8. The molecule has 144 valence electrons. The SMILES string of the molecule is CC(C)COP(=O)(O)COS(=O)(=O)c1c(F)cccc1SC(F)(F)F. The molecule has 0 aliphatic carbocycles. The van der Waals surface area contributed by atoms with E-state index in [1.54, 1.807) is 13.8 Å². The van der Waals surface area contributed by atoms with Crippen LogP contribution in [0.4, 0.5) is 17.6 Å². The van der Waals surface area contributed by atoms with Gasteiger partial charge in [-0.25, -0.2) is 4.39 Å². The average molecular weight is 426 g/mol. The van der Waals surface area contributed by atoms with Crippen molar-refractivity contribution in [2.75, 3.05) is 13.0 Å². The van der Waals surface area contributed by atoms with Gasteiger partial charge in [-0.3, -0.25) is 8.75 Å². The lowest BCUT2D eigenvalue weighted by Crippen LogP contribution is -2.13. The van der Waals surface area contributed by atoms with E-state index in [-0.39, 0.29) is 12.5 Å².